The van der Waals surface area contributed by atoms with E-state index in [-0.39, 0.29) is 11.8 Å². The first-order valence-electron chi connectivity index (χ1n) is 6.68. The first kappa shape index (κ1) is 12.3. The summed E-state index contributed by atoms with van der Waals surface area (Å²) in [7, 11) is 0. The van der Waals surface area contributed by atoms with Crippen LogP contribution in [0.5, 0.6) is 0 Å². The molecule has 0 aliphatic carbocycles. The van der Waals surface area contributed by atoms with Gasteiger partial charge in [0.15, 0.2) is 5.78 Å². The molecule has 0 saturated carbocycles. The summed E-state index contributed by atoms with van der Waals surface area (Å²) in [6, 6.07) is 8.15. The van der Waals surface area contributed by atoms with Gasteiger partial charge < -0.3 is 5.32 Å². The Balaban J connectivity index is 2.09. The lowest BCUT2D eigenvalue weighted by Crippen LogP contribution is -2.40. The average molecular weight is 231 g/mol. The minimum Gasteiger partial charge on any atom is -0.307 e. The number of hydrogen-bond donors (Lipinski definition) is 1. The van der Waals surface area contributed by atoms with E-state index in [1.807, 2.05) is 12.1 Å². The van der Waals surface area contributed by atoms with Gasteiger partial charge in [-0.2, -0.15) is 0 Å². The molecule has 92 valence electrons. The molecule has 0 spiro atoms. The molecule has 1 aromatic rings. The second-order valence-corrected chi connectivity index (χ2v) is 4.82. The second-order valence-electron chi connectivity index (χ2n) is 4.82. The van der Waals surface area contributed by atoms with Crippen LogP contribution >= 0.6 is 0 Å². The number of aryl methyl sites for hydroxylation is 1. The Morgan fingerprint density at radius 3 is 3.00 bits per heavy atom. The number of piperidine rings is 1. The highest BCUT2D eigenvalue weighted by atomic mass is 16.1. The molecule has 0 radical (unpaired) electrons. The van der Waals surface area contributed by atoms with Crippen molar-refractivity contribution >= 4 is 5.78 Å². The molecule has 1 heterocycles. The molecule has 1 aromatic carbocycles. The molecule has 1 aliphatic heterocycles. The SMILES string of the molecule is CCCc1cccc(C(=O)C2CCCCN2)c1. The number of Topliss-reactive ketones (excluding diaryl/α,β-unsaturated/α-hetero) is 1. The van der Waals surface area contributed by atoms with E-state index < -0.39 is 0 Å². The number of nitrogens with one attached hydrogen (secondary N) is 1. The predicted octanol–water partition coefficient (Wildman–Crippen LogP) is 2.96. The Labute approximate surface area is 103 Å². The highest BCUT2D eigenvalue weighted by Gasteiger charge is 2.21. The van der Waals surface area contributed by atoms with E-state index in [1.165, 1.54) is 12.0 Å². The van der Waals surface area contributed by atoms with Crippen molar-refractivity contribution in [3.63, 3.8) is 0 Å². The van der Waals surface area contributed by atoms with Crippen molar-refractivity contribution < 1.29 is 4.79 Å². The summed E-state index contributed by atoms with van der Waals surface area (Å²) in [5, 5.41) is 3.32. The summed E-state index contributed by atoms with van der Waals surface area (Å²) >= 11 is 0. The fourth-order valence-electron chi connectivity index (χ4n) is 2.45. The second kappa shape index (κ2) is 5.97. The van der Waals surface area contributed by atoms with E-state index in [0.29, 0.717) is 0 Å². The molecule has 1 atom stereocenters. The topological polar surface area (TPSA) is 29.1 Å². The third-order valence-corrected chi connectivity index (χ3v) is 3.38. The maximum atomic E-state index is 12.3. The van der Waals surface area contributed by atoms with Crippen molar-refractivity contribution in [3.05, 3.63) is 35.4 Å². The van der Waals surface area contributed by atoms with E-state index >= 15 is 0 Å². The zero-order chi connectivity index (χ0) is 12.1. The lowest BCUT2D eigenvalue weighted by Gasteiger charge is -2.22. The van der Waals surface area contributed by atoms with Crippen LogP contribution in [-0.4, -0.2) is 18.4 Å². The van der Waals surface area contributed by atoms with Crippen LogP contribution in [0.2, 0.25) is 0 Å². The van der Waals surface area contributed by atoms with Crippen LogP contribution in [0.4, 0.5) is 0 Å². The molecule has 1 aliphatic rings. The fourth-order valence-corrected chi connectivity index (χ4v) is 2.45. The number of hydrogen-bond acceptors (Lipinski definition) is 2. The molecule has 1 unspecified atom stereocenters. The molecule has 1 N–H and O–H groups in total. The smallest absolute Gasteiger partial charge is 0.179 e. The van der Waals surface area contributed by atoms with E-state index in [4.69, 9.17) is 0 Å². The van der Waals surface area contributed by atoms with E-state index in [1.54, 1.807) is 0 Å². The Hall–Kier alpha value is -1.15. The first-order chi connectivity index (χ1) is 8.31. The van der Waals surface area contributed by atoms with Gasteiger partial charge in [0.1, 0.15) is 0 Å². The van der Waals surface area contributed by atoms with Crippen LogP contribution in [0.25, 0.3) is 0 Å². The lowest BCUT2D eigenvalue weighted by molar-refractivity contribution is 0.0927. The standard InChI is InChI=1S/C15H21NO/c1-2-6-12-7-5-8-13(11-12)15(17)14-9-3-4-10-16-14/h5,7-8,11,14,16H,2-4,6,9-10H2,1H3. The van der Waals surface area contributed by atoms with Gasteiger partial charge in [0.05, 0.1) is 6.04 Å². The van der Waals surface area contributed by atoms with Gasteiger partial charge >= 0.3 is 0 Å². The number of rotatable bonds is 4. The van der Waals surface area contributed by atoms with Crippen molar-refractivity contribution in [2.75, 3.05) is 6.54 Å². The van der Waals surface area contributed by atoms with Crippen molar-refractivity contribution in [2.45, 2.75) is 45.1 Å². The minimum absolute atomic E-state index is 0.0422. The number of carbonyl (C=O) groups is 1. The summed E-state index contributed by atoms with van der Waals surface area (Å²) < 4.78 is 0. The molecular weight excluding hydrogens is 210 g/mol. The number of carbonyl (C=O) groups excluding carboxylic acids is 1. The Bertz CT molecular complexity index is 380. The Kier molecular flexibility index (Phi) is 4.32. The minimum atomic E-state index is 0.0422. The summed E-state index contributed by atoms with van der Waals surface area (Å²) in [6.07, 6.45) is 5.52. The van der Waals surface area contributed by atoms with Gasteiger partial charge in [-0.25, -0.2) is 0 Å². The molecule has 0 amide bonds. The maximum absolute atomic E-state index is 12.3. The van der Waals surface area contributed by atoms with Crippen LogP contribution in [0.1, 0.15) is 48.5 Å². The van der Waals surface area contributed by atoms with E-state index in [0.717, 1.165) is 37.8 Å². The molecule has 2 nitrogen and oxygen atoms in total. The summed E-state index contributed by atoms with van der Waals surface area (Å²) in [5.41, 5.74) is 2.14. The zero-order valence-electron chi connectivity index (χ0n) is 10.5. The highest BCUT2D eigenvalue weighted by Crippen LogP contribution is 2.15. The molecule has 0 aromatic heterocycles. The monoisotopic (exact) mass is 231 g/mol. The van der Waals surface area contributed by atoms with Crippen LogP contribution in [0.15, 0.2) is 24.3 Å². The molecule has 1 fully saturated rings. The molecule has 0 bridgehead atoms. The summed E-state index contributed by atoms with van der Waals surface area (Å²) in [5.74, 6) is 0.266. The van der Waals surface area contributed by atoms with Crippen molar-refractivity contribution in [3.8, 4) is 0 Å². The van der Waals surface area contributed by atoms with Gasteiger partial charge in [0.2, 0.25) is 0 Å². The molecule has 17 heavy (non-hydrogen) atoms. The molecule has 1 saturated heterocycles. The van der Waals surface area contributed by atoms with Gasteiger partial charge in [0, 0.05) is 5.56 Å². The van der Waals surface area contributed by atoms with E-state index in [9.17, 15) is 4.79 Å². The molecular formula is C15H21NO. The van der Waals surface area contributed by atoms with Gasteiger partial charge in [-0.15, -0.1) is 0 Å². The van der Waals surface area contributed by atoms with Crippen molar-refractivity contribution in [1.29, 1.82) is 0 Å². The van der Waals surface area contributed by atoms with Gasteiger partial charge in [0.25, 0.3) is 0 Å². The third kappa shape index (κ3) is 3.16. The number of ketones is 1. The predicted molar refractivity (Wildman–Crippen MR) is 70.4 cm³/mol. The Morgan fingerprint density at radius 1 is 1.41 bits per heavy atom. The number of benzene rings is 1. The largest absolute Gasteiger partial charge is 0.307 e. The van der Waals surface area contributed by atoms with Crippen molar-refractivity contribution in [1.82, 2.24) is 5.32 Å². The third-order valence-electron chi connectivity index (χ3n) is 3.38. The maximum Gasteiger partial charge on any atom is 0.179 e. The van der Waals surface area contributed by atoms with Crippen LogP contribution in [-0.2, 0) is 6.42 Å². The fraction of sp³-hybridized carbons (Fsp3) is 0.533. The molecule has 2 rings (SSSR count). The van der Waals surface area contributed by atoms with Crippen LogP contribution in [0.3, 0.4) is 0 Å². The Morgan fingerprint density at radius 2 is 2.29 bits per heavy atom. The quantitative estimate of drug-likeness (QED) is 0.807. The lowest BCUT2D eigenvalue weighted by atomic mass is 9.95. The molecule has 2 heteroatoms. The summed E-state index contributed by atoms with van der Waals surface area (Å²) in [6.45, 7) is 3.14. The van der Waals surface area contributed by atoms with Gasteiger partial charge in [-0.1, -0.05) is 38.0 Å². The zero-order valence-corrected chi connectivity index (χ0v) is 10.5. The van der Waals surface area contributed by atoms with Crippen LogP contribution in [0, 0.1) is 0 Å². The highest BCUT2D eigenvalue weighted by molar-refractivity contribution is 6.00. The average Bonchev–Trinajstić information content (AvgIpc) is 2.40. The van der Waals surface area contributed by atoms with Crippen LogP contribution < -0.4 is 5.32 Å². The van der Waals surface area contributed by atoms with Gasteiger partial charge in [-0.3, -0.25) is 4.79 Å². The summed E-state index contributed by atoms with van der Waals surface area (Å²) in [4.78, 5) is 12.3. The van der Waals surface area contributed by atoms with Gasteiger partial charge in [-0.05, 0) is 37.4 Å². The normalized spacial score (nSPS) is 20.2. The first-order valence-corrected chi connectivity index (χ1v) is 6.68. The van der Waals surface area contributed by atoms with Crippen molar-refractivity contribution in [2.24, 2.45) is 0 Å². The van der Waals surface area contributed by atoms with E-state index in [2.05, 4.69) is 24.4 Å².